The average Bonchev–Trinajstić information content (AvgIpc) is 2.42. The first-order chi connectivity index (χ1) is 6.59. The Balaban J connectivity index is 2.02. The number of hydrogen-bond donors (Lipinski definition) is 1. The van der Waals surface area contributed by atoms with Crippen molar-refractivity contribution in [3.63, 3.8) is 0 Å². The standard InChI is InChI=1S/C11H19NO2/c1-12(2)11(14)9-5-7-3-4-8(6-9)10(7)13/h7-10,13H,3-6H2,1-2H3/t7-,8-,9?,10?/m0/s1. The maximum atomic E-state index is 11.8. The Labute approximate surface area is 85.1 Å². The summed E-state index contributed by atoms with van der Waals surface area (Å²) in [5.41, 5.74) is 0. The zero-order chi connectivity index (χ0) is 10.3. The lowest BCUT2D eigenvalue weighted by molar-refractivity contribution is -0.136. The Morgan fingerprint density at radius 3 is 2.14 bits per heavy atom. The van der Waals surface area contributed by atoms with Crippen LogP contribution in [0.2, 0.25) is 0 Å². The number of rotatable bonds is 1. The summed E-state index contributed by atoms with van der Waals surface area (Å²) in [6, 6.07) is 0. The maximum Gasteiger partial charge on any atom is 0.225 e. The molecule has 2 bridgehead atoms. The Morgan fingerprint density at radius 2 is 1.71 bits per heavy atom. The molecule has 2 aliphatic rings. The molecule has 3 nitrogen and oxygen atoms in total. The fourth-order valence-corrected chi connectivity index (χ4v) is 3.06. The van der Waals surface area contributed by atoms with Gasteiger partial charge in [-0.15, -0.1) is 0 Å². The van der Waals surface area contributed by atoms with Crippen LogP contribution in [0.1, 0.15) is 25.7 Å². The van der Waals surface area contributed by atoms with E-state index in [9.17, 15) is 9.90 Å². The summed E-state index contributed by atoms with van der Waals surface area (Å²) in [7, 11) is 3.63. The first-order valence-corrected chi connectivity index (χ1v) is 5.49. The monoisotopic (exact) mass is 197 g/mol. The predicted octanol–water partition coefficient (Wildman–Crippen LogP) is 0.872. The van der Waals surface area contributed by atoms with Crippen molar-refractivity contribution in [3.05, 3.63) is 0 Å². The molecule has 0 saturated heterocycles. The lowest BCUT2D eigenvalue weighted by atomic mass is 9.78. The second-order valence-corrected chi connectivity index (χ2v) is 4.99. The van der Waals surface area contributed by atoms with E-state index in [1.165, 1.54) is 0 Å². The van der Waals surface area contributed by atoms with Crippen LogP contribution in [0.4, 0.5) is 0 Å². The molecule has 3 heteroatoms. The Bertz CT molecular complexity index is 225. The molecule has 2 rings (SSSR count). The number of aliphatic hydroxyl groups excluding tert-OH is 1. The number of carbonyl (C=O) groups excluding carboxylic acids is 1. The molecule has 0 spiro atoms. The molecule has 0 aliphatic heterocycles. The molecular weight excluding hydrogens is 178 g/mol. The number of fused-ring (bicyclic) bond motifs is 2. The summed E-state index contributed by atoms with van der Waals surface area (Å²) in [5, 5.41) is 9.82. The summed E-state index contributed by atoms with van der Waals surface area (Å²) in [6.45, 7) is 0. The fourth-order valence-electron chi connectivity index (χ4n) is 3.06. The van der Waals surface area contributed by atoms with Gasteiger partial charge in [0.1, 0.15) is 0 Å². The molecule has 0 heterocycles. The summed E-state index contributed by atoms with van der Waals surface area (Å²) in [4.78, 5) is 13.5. The van der Waals surface area contributed by atoms with Gasteiger partial charge in [-0.05, 0) is 37.5 Å². The second-order valence-electron chi connectivity index (χ2n) is 4.99. The topological polar surface area (TPSA) is 40.5 Å². The van der Waals surface area contributed by atoms with Crippen molar-refractivity contribution >= 4 is 5.91 Å². The van der Waals surface area contributed by atoms with Crippen LogP contribution in [-0.2, 0) is 4.79 Å². The summed E-state index contributed by atoms with van der Waals surface area (Å²) in [5.74, 6) is 1.20. The normalized spacial score (nSPS) is 41.1. The smallest absolute Gasteiger partial charge is 0.225 e. The molecule has 2 aliphatic carbocycles. The zero-order valence-corrected chi connectivity index (χ0v) is 8.94. The molecule has 0 aromatic heterocycles. The summed E-state index contributed by atoms with van der Waals surface area (Å²) < 4.78 is 0. The van der Waals surface area contributed by atoms with Gasteiger partial charge in [0.25, 0.3) is 0 Å². The van der Waals surface area contributed by atoms with Crippen LogP contribution in [-0.4, -0.2) is 36.1 Å². The van der Waals surface area contributed by atoms with Gasteiger partial charge >= 0.3 is 0 Å². The SMILES string of the molecule is CN(C)C(=O)C1C[C@@H]2CC[C@@H](C1)C2O. The maximum absolute atomic E-state index is 11.8. The van der Waals surface area contributed by atoms with Crippen LogP contribution >= 0.6 is 0 Å². The van der Waals surface area contributed by atoms with Crippen LogP contribution < -0.4 is 0 Å². The predicted molar refractivity (Wildman–Crippen MR) is 53.6 cm³/mol. The highest BCUT2D eigenvalue weighted by atomic mass is 16.3. The quantitative estimate of drug-likeness (QED) is 0.677. The van der Waals surface area contributed by atoms with Gasteiger partial charge in [0.2, 0.25) is 5.91 Å². The first kappa shape index (κ1) is 9.97. The lowest BCUT2D eigenvalue weighted by Crippen LogP contribution is -2.38. The van der Waals surface area contributed by atoms with Gasteiger partial charge in [0.15, 0.2) is 0 Å². The molecule has 2 atom stereocenters. The van der Waals surface area contributed by atoms with E-state index in [0.717, 1.165) is 25.7 Å². The highest BCUT2D eigenvalue weighted by Crippen LogP contribution is 2.45. The molecule has 0 radical (unpaired) electrons. The number of amides is 1. The van der Waals surface area contributed by atoms with Crippen LogP contribution in [0, 0.1) is 17.8 Å². The van der Waals surface area contributed by atoms with Gasteiger partial charge in [0.05, 0.1) is 6.10 Å². The number of nitrogens with zero attached hydrogens (tertiary/aromatic N) is 1. The van der Waals surface area contributed by atoms with E-state index in [0.29, 0.717) is 11.8 Å². The highest BCUT2D eigenvalue weighted by molar-refractivity contribution is 5.78. The van der Waals surface area contributed by atoms with Crippen LogP contribution in [0.5, 0.6) is 0 Å². The second kappa shape index (κ2) is 3.54. The van der Waals surface area contributed by atoms with Gasteiger partial charge in [-0.25, -0.2) is 0 Å². The van der Waals surface area contributed by atoms with Crippen LogP contribution in [0.15, 0.2) is 0 Å². The molecule has 0 aromatic rings. The van der Waals surface area contributed by atoms with Crippen molar-refractivity contribution in [2.24, 2.45) is 17.8 Å². The zero-order valence-electron chi connectivity index (χ0n) is 8.94. The Hall–Kier alpha value is -0.570. The number of aliphatic hydroxyl groups is 1. The molecule has 14 heavy (non-hydrogen) atoms. The number of carbonyl (C=O) groups is 1. The summed E-state index contributed by atoms with van der Waals surface area (Å²) >= 11 is 0. The van der Waals surface area contributed by atoms with E-state index in [-0.39, 0.29) is 17.9 Å². The molecule has 2 fully saturated rings. The minimum Gasteiger partial charge on any atom is -0.393 e. The van der Waals surface area contributed by atoms with E-state index in [4.69, 9.17) is 0 Å². The lowest BCUT2D eigenvalue weighted by Gasteiger charge is -2.32. The Kier molecular flexibility index (Phi) is 2.52. The fraction of sp³-hybridized carbons (Fsp3) is 0.909. The largest absolute Gasteiger partial charge is 0.393 e. The van der Waals surface area contributed by atoms with Crippen LogP contribution in [0.3, 0.4) is 0 Å². The van der Waals surface area contributed by atoms with Crippen molar-refractivity contribution in [1.29, 1.82) is 0 Å². The average molecular weight is 197 g/mol. The minimum absolute atomic E-state index is 0.124. The van der Waals surface area contributed by atoms with Gasteiger partial charge in [-0.3, -0.25) is 4.79 Å². The Morgan fingerprint density at radius 1 is 1.21 bits per heavy atom. The van der Waals surface area contributed by atoms with Crippen LogP contribution in [0.25, 0.3) is 0 Å². The number of hydrogen-bond acceptors (Lipinski definition) is 2. The molecule has 1 N–H and O–H groups in total. The third kappa shape index (κ3) is 1.54. The molecule has 0 unspecified atom stereocenters. The molecule has 1 amide bonds. The first-order valence-electron chi connectivity index (χ1n) is 5.49. The van der Waals surface area contributed by atoms with E-state index in [1.54, 1.807) is 4.90 Å². The van der Waals surface area contributed by atoms with Gasteiger partial charge in [-0.1, -0.05) is 0 Å². The van der Waals surface area contributed by atoms with Gasteiger partial charge < -0.3 is 10.0 Å². The highest BCUT2D eigenvalue weighted by Gasteiger charge is 2.43. The minimum atomic E-state index is -0.124. The summed E-state index contributed by atoms with van der Waals surface area (Å²) in [6.07, 6.45) is 3.90. The van der Waals surface area contributed by atoms with Crippen molar-refractivity contribution < 1.29 is 9.90 Å². The van der Waals surface area contributed by atoms with Crippen molar-refractivity contribution in [1.82, 2.24) is 4.90 Å². The van der Waals surface area contributed by atoms with Crippen molar-refractivity contribution in [2.45, 2.75) is 31.8 Å². The molecule has 80 valence electrons. The molecular formula is C11H19NO2. The molecule has 0 aromatic carbocycles. The van der Waals surface area contributed by atoms with Gasteiger partial charge in [0, 0.05) is 20.0 Å². The van der Waals surface area contributed by atoms with E-state index in [2.05, 4.69) is 0 Å². The van der Waals surface area contributed by atoms with E-state index in [1.807, 2.05) is 14.1 Å². The van der Waals surface area contributed by atoms with E-state index < -0.39 is 0 Å². The van der Waals surface area contributed by atoms with Crippen molar-refractivity contribution in [3.8, 4) is 0 Å². The van der Waals surface area contributed by atoms with E-state index >= 15 is 0 Å². The third-order valence-electron chi connectivity index (χ3n) is 3.84. The van der Waals surface area contributed by atoms with Gasteiger partial charge in [-0.2, -0.15) is 0 Å². The molecule has 2 saturated carbocycles. The van der Waals surface area contributed by atoms with Crippen molar-refractivity contribution in [2.75, 3.05) is 14.1 Å². The third-order valence-corrected chi connectivity index (χ3v) is 3.84.